The van der Waals surface area contributed by atoms with Crippen LogP contribution in [0.3, 0.4) is 0 Å². The number of fused-ring (bicyclic) bond motifs is 3. The van der Waals surface area contributed by atoms with Gasteiger partial charge in [-0.2, -0.15) is 0 Å². The molecule has 1 atom stereocenters. The molecule has 1 aliphatic rings. The Morgan fingerprint density at radius 2 is 2.06 bits per heavy atom. The van der Waals surface area contributed by atoms with Crippen LogP contribution in [0.15, 0.2) is 47.8 Å². The minimum atomic E-state index is -0.970. The molecule has 170 valence electrons. The van der Waals surface area contributed by atoms with Crippen LogP contribution in [0, 0.1) is 0 Å². The highest BCUT2D eigenvalue weighted by Gasteiger charge is 2.47. The summed E-state index contributed by atoms with van der Waals surface area (Å²) in [7, 11) is 0. The lowest BCUT2D eigenvalue weighted by atomic mass is 9.94. The molecule has 3 aromatic rings. The molecule has 0 radical (unpaired) electrons. The molecule has 0 spiro atoms. The fraction of sp³-hybridized carbons (Fsp3) is 0.440. The molecule has 0 saturated carbocycles. The van der Waals surface area contributed by atoms with Gasteiger partial charge < -0.3 is 19.5 Å². The standard InChI is InChI=1S/C25H31N3O3S/c1-18(2)31-14-7-12-26-24(30)25(3)17-27-21-10-5-4-8-19(21)16-22(27)23(29)28(25)13-11-20-9-6-15-32-20/h4-6,8-10,15-16,18H,7,11-14,17H2,1-3H3,(H,26,30). The number of carbonyl (C=O) groups excluding carboxylic acids is 2. The topological polar surface area (TPSA) is 63.6 Å². The maximum atomic E-state index is 13.6. The van der Waals surface area contributed by atoms with E-state index in [1.807, 2.05) is 67.1 Å². The molecule has 0 bridgehead atoms. The average Bonchev–Trinajstić information content (AvgIpc) is 3.41. The molecule has 0 fully saturated rings. The van der Waals surface area contributed by atoms with Crippen LogP contribution < -0.4 is 5.32 Å². The maximum Gasteiger partial charge on any atom is 0.271 e. The second-order valence-corrected chi connectivity index (χ2v) is 9.80. The monoisotopic (exact) mass is 453 g/mol. The number of thiophene rings is 1. The minimum Gasteiger partial charge on any atom is -0.379 e. The van der Waals surface area contributed by atoms with Crippen LogP contribution in [0.25, 0.3) is 10.9 Å². The number of aromatic nitrogens is 1. The molecular formula is C25H31N3O3S. The molecule has 0 aliphatic carbocycles. The van der Waals surface area contributed by atoms with Crippen LogP contribution in [0.5, 0.6) is 0 Å². The maximum absolute atomic E-state index is 13.6. The van der Waals surface area contributed by atoms with Crippen LogP contribution in [-0.4, -0.2) is 52.6 Å². The quantitative estimate of drug-likeness (QED) is 0.497. The SMILES string of the molecule is CC(C)OCCCNC(=O)C1(C)Cn2c(cc3ccccc32)C(=O)N1CCc1cccs1. The van der Waals surface area contributed by atoms with Gasteiger partial charge in [0.05, 0.1) is 12.6 Å². The molecule has 1 aliphatic heterocycles. The second kappa shape index (κ2) is 9.46. The first-order chi connectivity index (χ1) is 15.4. The average molecular weight is 454 g/mol. The Morgan fingerprint density at radius 3 is 2.81 bits per heavy atom. The van der Waals surface area contributed by atoms with Crippen molar-refractivity contribution in [2.24, 2.45) is 0 Å². The number of amides is 2. The van der Waals surface area contributed by atoms with Crippen molar-refractivity contribution in [3.63, 3.8) is 0 Å². The van der Waals surface area contributed by atoms with Gasteiger partial charge in [-0.3, -0.25) is 9.59 Å². The van der Waals surface area contributed by atoms with Gasteiger partial charge in [0.15, 0.2) is 0 Å². The molecule has 1 aromatic carbocycles. The Bertz CT molecular complexity index is 1090. The third-order valence-electron chi connectivity index (χ3n) is 6.05. The zero-order valence-corrected chi connectivity index (χ0v) is 19.8. The molecule has 4 rings (SSSR count). The number of para-hydroxylation sites is 1. The van der Waals surface area contributed by atoms with Gasteiger partial charge in [-0.15, -0.1) is 11.3 Å². The lowest BCUT2D eigenvalue weighted by Gasteiger charge is -2.44. The van der Waals surface area contributed by atoms with Crippen LogP contribution >= 0.6 is 11.3 Å². The summed E-state index contributed by atoms with van der Waals surface area (Å²) in [6, 6.07) is 14.0. The fourth-order valence-electron chi connectivity index (χ4n) is 4.32. The highest BCUT2D eigenvalue weighted by molar-refractivity contribution is 7.09. The second-order valence-electron chi connectivity index (χ2n) is 8.76. The smallest absolute Gasteiger partial charge is 0.271 e. The van der Waals surface area contributed by atoms with Gasteiger partial charge >= 0.3 is 0 Å². The third-order valence-corrected chi connectivity index (χ3v) is 6.98. The molecule has 32 heavy (non-hydrogen) atoms. The van der Waals surface area contributed by atoms with E-state index >= 15 is 0 Å². The normalized spacial score (nSPS) is 18.4. The summed E-state index contributed by atoms with van der Waals surface area (Å²) in [5, 5.41) is 6.11. The van der Waals surface area contributed by atoms with Gasteiger partial charge in [-0.05, 0) is 57.2 Å². The molecular weight excluding hydrogens is 422 g/mol. The lowest BCUT2D eigenvalue weighted by molar-refractivity contribution is -0.132. The summed E-state index contributed by atoms with van der Waals surface area (Å²) in [4.78, 5) is 30.0. The predicted octanol–water partition coefficient (Wildman–Crippen LogP) is 4.09. The number of carbonyl (C=O) groups is 2. The fourth-order valence-corrected chi connectivity index (χ4v) is 5.01. The van der Waals surface area contributed by atoms with Crippen molar-refractivity contribution in [2.75, 3.05) is 19.7 Å². The summed E-state index contributed by atoms with van der Waals surface area (Å²) in [6.45, 7) is 7.93. The van der Waals surface area contributed by atoms with E-state index < -0.39 is 5.54 Å². The Balaban J connectivity index is 1.58. The molecule has 3 heterocycles. The van der Waals surface area contributed by atoms with E-state index in [9.17, 15) is 9.59 Å². The molecule has 2 amide bonds. The van der Waals surface area contributed by atoms with Crippen molar-refractivity contribution in [1.29, 1.82) is 0 Å². The summed E-state index contributed by atoms with van der Waals surface area (Å²) >= 11 is 1.67. The third kappa shape index (κ3) is 4.45. The zero-order chi connectivity index (χ0) is 22.7. The minimum absolute atomic E-state index is 0.0928. The van der Waals surface area contributed by atoms with Crippen LogP contribution in [0.1, 0.15) is 42.6 Å². The first kappa shape index (κ1) is 22.6. The highest BCUT2D eigenvalue weighted by atomic mass is 32.1. The van der Waals surface area contributed by atoms with Gasteiger partial charge in [0.25, 0.3) is 5.91 Å². The van der Waals surface area contributed by atoms with Gasteiger partial charge in [0.2, 0.25) is 5.91 Å². The van der Waals surface area contributed by atoms with E-state index in [0.717, 1.165) is 23.7 Å². The first-order valence-electron chi connectivity index (χ1n) is 11.2. The van der Waals surface area contributed by atoms with E-state index in [-0.39, 0.29) is 17.9 Å². The summed E-state index contributed by atoms with van der Waals surface area (Å²) in [5.41, 5.74) is 0.660. The molecule has 1 N–H and O–H groups in total. The largest absolute Gasteiger partial charge is 0.379 e. The van der Waals surface area contributed by atoms with Crippen molar-refractivity contribution >= 4 is 34.1 Å². The number of rotatable bonds is 9. The Morgan fingerprint density at radius 1 is 1.25 bits per heavy atom. The van der Waals surface area contributed by atoms with E-state index in [4.69, 9.17) is 4.74 Å². The number of nitrogens with zero attached hydrogens (tertiary/aromatic N) is 2. The van der Waals surface area contributed by atoms with Gasteiger partial charge in [-0.25, -0.2) is 0 Å². The summed E-state index contributed by atoms with van der Waals surface area (Å²) in [5.74, 6) is -0.213. The zero-order valence-electron chi connectivity index (χ0n) is 19.0. The van der Waals surface area contributed by atoms with Crippen LogP contribution in [0.2, 0.25) is 0 Å². The van der Waals surface area contributed by atoms with Crippen molar-refractivity contribution in [2.45, 2.75) is 51.8 Å². The van der Waals surface area contributed by atoms with E-state index in [2.05, 4.69) is 11.4 Å². The molecule has 0 saturated heterocycles. The van der Waals surface area contributed by atoms with Crippen molar-refractivity contribution in [1.82, 2.24) is 14.8 Å². The van der Waals surface area contributed by atoms with Crippen LogP contribution in [0.4, 0.5) is 0 Å². The number of benzene rings is 1. The lowest BCUT2D eigenvalue weighted by Crippen LogP contribution is -2.64. The van der Waals surface area contributed by atoms with Gasteiger partial charge in [0, 0.05) is 35.5 Å². The van der Waals surface area contributed by atoms with Gasteiger partial charge in [0.1, 0.15) is 11.2 Å². The number of ether oxygens (including phenoxy) is 1. The van der Waals surface area contributed by atoms with Gasteiger partial charge in [-0.1, -0.05) is 24.3 Å². The Kier molecular flexibility index (Phi) is 6.67. The van der Waals surface area contributed by atoms with E-state index in [1.54, 1.807) is 16.2 Å². The Hall–Kier alpha value is -2.64. The van der Waals surface area contributed by atoms with Crippen LogP contribution in [-0.2, 0) is 22.5 Å². The number of hydrogen-bond acceptors (Lipinski definition) is 4. The molecule has 7 heteroatoms. The first-order valence-corrected chi connectivity index (χ1v) is 12.1. The summed E-state index contributed by atoms with van der Waals surface area (Å²) < 4.78 is 7.58. The van der Waals surface area contributed by atoms with E-state index in [1.165, 1.54) is 4.88 Å². The number of hydrogen-bond donors (Lipinski definition) is 1. The molecule has 6 nitrogen and oxygen atoms in total. The van der Waals surface area contributed by atoms with Crippen molar-refractivity contribution in [3.8, 4) is 0 Å². The molecule has 2 aromatic heterocycles. The summed E-state index contributed by atoms with van der Waals surface area (Å²) in [6.07, 6.45) is 1.64. The molecule has 1 unspecified atom stereocenters. The predicted molar refractivity (Wildman–Crippen MR) is 128 cm³/mol. The van der Waals surface area contributed by atoms with Crippen molar-refractivity contribution in [3.05, 3.63) is 58.4 Å². The Labute approximate surface area is 193 Å². The number of nitrogens with one attached hydrogen (secondary N) is 1. The highest BCUT2D eigenvalue weighted by Crippen LogP contribution is 2.32. The van der Waals surface area contributed by atoms with E-state index in [0.29, 0.717) is 31.9 Å². The van der Waals surface area contributed by atoms with Crippen molar-refractivity contribution < 1.29 is 14.3 Å².